The minimum Gasteiger partial charge on any atom is -0.480 e. The fourth-order valence-corrected chi connectivity index (χ4v) is 2.85. The van der Waals surface area contributed by atoms with Crippen molar-refractivity contribution in [1.82, 2.24) is 9.80 Å². The van der Waals surface area contributed by atoms with E-state index in [4.69, 9.17) is 5.11 Å². The van der Waals surface area contributed by atoms with Crippen LogP contribution in [-0.4, -0.2) is 51.2 Å². The van der Waals surface area contributed by atoms with Gasteiger partial charge in [-0.1, -0.05) is 18.2 Å². The van der Waals surface area contributed by atoms with Crippen LogP contribution in [0.15, 0.2) is 36.5 Å². The Morgan fingerprint density at radius 1 is 1.13 bits per heavy atom. The molecule has 0 radical (unpaired) electrons. The van der Waals surface area contributed by atoms with E-state index in [2.05, 4.69) is 0 Å². The van der Waals surface area contributed by atoms with Gasteiger partial charge in [-0.2, -0.15) is 0 Å². The summed E-state index contributed by atoms with van der Waals surface area (Å²) in [4.78, 5) is 50.4. The van der Waals surface area contributed by atoms with E-state index < -0.39 is 36.3 Å². The van der Waals surface area contributed by atoms with E-state index in [1.54, 1.807) is 30.3 Å². The molecule has 1 aromatic carbocycles. The van der Waals surface area contributed by atoms with Crippen LogP contribution in [0, 0.1) is 0 Å². The van der Waals surface area contributed by atoms with Crippen LogP contribution in [0.2, 0.25) is 0 Å². The van der Waals surface area contributed by atoms with Crippen LogP contribution in [0.5, 0.6) is 0 Å². The maximum absolute atomic E-state index is 12.6. The maximum atomic E-state index is 12.6. The molecule has 2 aliphatic heterocycles. The number of carbonyl (C=O) groups is 4. The number of aliphatic carboxylic acids is 1. The topological polar surface area (TPSA) is 95.0 Å². The van der Waals surface area contributed by atoms with Gasteiger partial charge in [-0.3, -0.25) is 24.1 Å². The lowest BCUT2D eigenvalue weighted by molar-refractivity contribution is -0.143. The molecule has 1 N–H and O–H groups in total. The van der Waals surface area contributed by atoms with Crippen LogP contribution in [0.25, 0.3) is 0 Å². The summed E-state index contributed by atoms with van der Waals surface area (Å²) in [6, 6.07) is 5.41. The zero-order valence-corrected chi connectivity index (χ0v) is 12.1. The smallest absolute Gasteiger partial charge is 0.323 e. The van der Waals surface area contributed by atoms with Gasteiger partial charge >= 0.3 is 5.97 Å². The number of amides is 3. The van der Waals surface area contributed by atoms with Crippen LogP contribution in [0.4, 0.5) is 0 Å². The lowest BCUT2D eigenvalue weighted by Crippen LogP contribution is -2.49. The van der Waals surface area contributed by atoms with Gasteiger partial charge in [-0.25, -0.2) is 0 Å². The van der Waals surface area contributed by atoms with Gasteiger partial charge in [0.1, 0.15) is 12.6 Å². The number of nitrogens with zero attached hydrogens (tertiary/aromatic N) is 2. The molecular weight excluding hydrogens is 300 g/mol. The minimum absolute atomic E-state index is 0.271. The Bertz CT molecular complexity index is 705. The molecule has 1 aromatic rings. The number of allylic oxidation sites excluding steroid dienone is 1. The predicted molar refractivity (Wildman–Crippen MR) is 78.5 cm³/mol. The highest BCUT2D eigenvalue weighted by atomic mass is 16.4. The standard InChI is InChI=1S/C16H14N2O5/c19-13(20)9-17-8-4-3-7-12(16(17)23)18-14(21)10-5-1-2-6-11(10)15(18)22/h1-2,4-6,8,12H,3,7,9H2,(H,19,20). The van der Waals surface area contributed by atoms with Crippen molar-refractivity contribution in [2.24, 2.45) is 0 Å². The first-order chi connectivity index (χ1) is 11.0. The van der Waals surface area contributed by atoms with E-state index >= 15 is 0 Å². The fraction of sp³-hybridized carbons (Fsp3) is 0.250. The van der Waals surface area contributed by atoms with Crippen molar-refractivity contribution in [2.45, 2.75) is 18.9 Å². The Hall–Kier alpha value is -2.96. The maximum Gasteiger partial charge on any atom is 0.323 e. The van der Waals surface area contributed by atoms with Gasteiger partial charge in [0.2, 0.25) is 5.91 Å². The Kier molecular flexibility index (Phi) is 3.69. The van der Waals surface area contributed by atoms with Crippen molar-refractivity contribution in [3.8, 4) is 0 Å². The summed E-state index contributed by atoms with van der Waals surface area (Å²) in [7, 11) is 0. The first kappa shape index (κ1) is 15.0. The highest BCUT2D eigenvalue weighted by Gasteiger charge is 2.43. The quantitative estimate of drug-likeness (QED) is 0.835. The SMILES string of the molecule is O=C(O)CN1C=CCCC(N2C(=O)c3ccccc3C2=O)C1=O. The van der Waals surface area contributed by atoms with Gasteiger partial charge in [0, 0.05) is 6.20 Å². The Morgan fingerprint density at radius 3 is 2.30 bits per heavy atom. The minimum atomic E-state index is -1.16. The van der Waals surface area contributed by atoms with Crippen LogP contribution < -0.4 is 0 Å². The monoisotopic (exact) mass is 314 g/mol. The van der Waals surface area contributed by atoms with Gasteiger partial charge in [0.15, 0.2) is 0 Å². The van der Waals surface area contributed by atoms with Crippen molar-refractivity contribution in [1.29, 1.82) is 0 Å². The Balaban J connectivity index is 1.92. The Morgan fingerprint density at radius 2 is 1.74 bits per heavy atom. The molecule has 0 spiro atoms. The second-order valence-electron chi connectivity index (χ2n) is 5.36. The third-order valence-corrected chi connectivity index (χ3v) is 3.90. The lowest BCUT2D eigenvalue weighted by Gasteiger charge is -2.27. The van der Waals surface area contributed by atoms with E-state index in [9.17, 15) is 19.2 Å². The van der Waals surface area contributed by atoms with E-state index in [1.807, 2.05) is 0 Å². The fourth-order valence-electron chi connectivity index (χ4n) is 2.85. The van der Waals surface area contributed by atoms with E-state index in [0.29, 0.717) is 6.42 Å². The number of fused-ring (bicyclic) bond motifs is 1. The average molecular weight is 314 g/mol. The molecule has 23 heavy (non-hydrogen) atoms. The van der Waals surface area contributed by atoms with Crippen molar-refractivity contribution in [3.63, 3.8) is 0 Å². The summed E-state index contributed by atoms with van der Waals surface area (Å²) in [5.74, 6) is -2.75. The number of carboxylic acid groups (broad SMARTS) is 1. The molecule has 0 fully saturated rings. The number of hydrogen-bond donors (Lipinski definition) is 1. The molecule has 0 saturated carbocycles. The molecule has 0 saturated heterocycles. The molecule has 118 valence electrons. The Labute approximate surface area is 131 Å². The van der Waals surface area contributed by atoms with Crippen LogP contribution in [-0.2, 0) is 9.59 Å². The molecule has 0 bridgehead atoms. The molecule has 1 atom stereocenters. The van der Waals surface area contributed by atoms with E-state index in [0.717, 1.165) is 9.80 Å². The number of benzene rings is 1. The molecule has 3 rings (SSSR count). The zero-order valence-electron chi connectivity index (χ0n) is 12.1. The average Bonchev–Trinajstić information content (AvgIpc) is 2.66. The highest BCUT2D eigenvalue weighted by molar-refractivity contribution is 6.22. The molecular formula is C16H14N2O5. The largest absolute Gasteiger partial charge is 0.480 e. The predicted octanol–water partition coefficient (Wildman–Crippen LogP) is 0.872. The third-order valence-electron chi connectivity index (χ3n) is 3.90. The van der Waals surface area contributed by atoms with Crippen molar-refractivity contribution in [2.75, 3.05) is 6.54 Å². The molecule has 7 heteroatoms. The first-order valence-corrected chi connectivity index (χ1v) is 7.16. The highest BCUT2D eigenvalue weighted by Crippen LogP contribution is 2.27. The van der Waals surface area contributed by atoms with Crippen LogP contribution in [0.3, 0.4) is 0 Å². The summed E-state index contributed by atoms with van der Waals surface area (Å²) in [6.07, 6.45) is 3.81. The van der Waals surface area contributed by atoms with Crippen molar-refractivity contribution < 1.29 is 24.3 Å². The number of hydrogen-bond acceptors (Lipinski definition) is 4. The van der Waals surface area contributed by atoms with Gasteiger partial charge in [-0.05, 0) is 25.0 Å². The summed E-state index contributed by atoms with van der Waals surface area (Å²) >= 11 is 0. The van der Waals surface area contributed by atoms with Crippen molar-refractivity contribution >= 4 is 23.7 Å². The summed E-state index contributed by atoms with van der Waals surface area (Å²) in [6.45, 7) is -0.505. The summed E-state index contributed by atoms with van der Waals surface area (Å²) in [5, 5.41) is 8.90. The van der Waals surface area contributed by atoms with Gasteiger partial charge in [0.05, 0.1) is 11.1 Å². The third kappa shape index (κ3) is 2.50. The number of rotatable bonds is 3. The second-order valence-corrected chi connectivity index (χ2v) is 5.36. The summed E-state index contributed by atoms with van der Waals surface area (Å²) in [5.41, 5.74) is 0.541. The molecule has 1 unspecified atom stereocenters. The zero-order chi connectivity index (χ0) is 16.6. The van der Waals surface area contributed by atoms with E-state index in [-0.39, 0.29) is 17.5 Å². The molecule has 2 heterocycles. The first-order valence-electron chi connectivity index (χ1n) is 7.16. The van der Waals surface area contributed by atoms with Gasteiger partial charge in [-0.15, -0.1) is 0 Å². The van der Waals surface area contributed by atoms with Gasteiger partial charge in [0.25, 0.3) is 11.8 Å². The van der Waals surface area contributed by atoms with E-state index in [1.165, 1.54) is 6.20 Å². The number of carbonyl (C=O) groups excluding carboxylic acids is 3. The lowest BCUT2D eigenvalue weighted by atomic mass is 10.1. The molecule has 2 aliphatic rings. The summed E-state index contributed by atoms with van der Waals surface area (Å²) < 4.78 is 0. The molecule has 0 aliphatic carbocycles. The normalized spacial score (nSPS) is 20.7. The number of imide groups is 1. The molecule has 0 aromatic heterocycles. The second kappa shape index (κ2) is 5.68. The van der Waals surface area contributed by atoms with Crippen molar-refractivity contribution in [3.05, 3.63) is 47.7 Å². The van der Waals surface area contributed by atoms with Crippen LogP contribution in [0.1, 0.15) is 33.6 Å². The molecule has 7 nitrogen and oxygen atoms in total. The van der Waals surface area contributed by atoms with Crippen LogP contribution >= 0.6 is 0 Å². The number of carboxylic acids is 1. The van der Waals surface area contributed by atoms with Gasteiger partial charge < -0.3 is 10.0 Å². The molecule has 3 amide bonds.